The Labute approximate surface area is 575 Å². The highest BCUT2D eigenvalue weighted by Crippen LogP contribution is 2.42. The van der Waals surface area contributed by atoms with Crippen LogP contribution in [0.3, 0.4) is 0 Å². The first-order valence-electron chi connectivity index (χ1n) is 35.7. The van der Waals surface area contributed by atoms with E-state index in [2.05, 4.69) is 295 Å². The second kappa shape index (κ2) is 32.8. The Morgan fingerprint density at radius 2 is 0.542 bits per heavy atom. The van der Waals surface area contributed by atoms with Crippen molar-refractivity contribution in [3.05, 3.63) is 296 Å². The molecule has 0 aliphatic heterocycles. The van der Waals surface area contributed by atoms with Crippen LogP contribution in [0.1, 0.15) is 179 Å². The van der Waals surface area contributed by atoms with Gasteiger partial charge in [0, 0.05) is 0 Å². The number of rotatable bonds is 19. The summed E-state index contributed by atoms with van der Waals surface area (Å²) in [6.07, 6.45) is 8.96. The highest BCUT2D eigenvalue weighted by Gasteiger charge is 2.25. The van der Waals surface area contributed by atoms with Crippen molar-refractivity contribution in [2.45, 2.75) is 192 Å². The molecule has 0 saturated carbocycles. The van der Waals surface area contributed by atoms with Crippen molar-refractivity contribution in [2.75, 3.05) is 0 Å². The van der Waals surface area contributed by atoms with E-state index >= 15 is 0 Å². The lowest BCUT2D eigenvalue weighted by molar-refractivity contribution is 0.0232. The van der Waals surface area contributed by atoms with Crippen molar-refractivity contribution in [3.8, 4) is 55.6 Å². The van der Waals surface area contributed by atoms with Crippen molar-refractivity contribution >= 4 is 0 Å². The molecule has 4 unspecified atom stereocenters. The lowest BCUT2D eigenvalue weighted by atomic mass is 10.0. The molecule has 0 radical (unpaired) electrons. The average Bonchev–Trinajstić information content (AvgIpc) is 1.67. The molecule has 0 amide bonds. The summed E-state index contributed by atoms with van der Waals surface area (Å²) < 4.78 is 29.3. The summed E-state index contributed by atoms with van der Waals surface area (Å²) in [5.41, 5.74) is 34.8. The number of hydrogen-bond donors (Lipinski definition) is 0. The average molecular weight is 1280 g/mol. The van der Waals surface area contributed by atoms with Gasteiger partial charge in [0.15, 0.2) is 0 Å². The molecule has 0 N–H and O–H groups in total. The Morgan fingerprint density at radius 3 is 0.896 bits per heavy atom. The molecule has 5 aliphatic rings. The van der Waals surface area contributed by atoms with Gasteiger partial charge in [-0.1, -0.05) is 254 Å². The molecule has 0 bridgehead atoms. The van der Waals surface area contributed by atoms with Gasteiger partial charge in [-0.3, -0.25) is 0 Å². The summed E-state index contributed by atoms with van der Waals surface area (Å²) in [4.78, 5) is 0. The molecule has 0 saturated heterocycles. The number of fused-ring (bicyclic) bond motifs is 15. The van der Waals surface area contributed by atoms with E-state index in [-0.39, 0.29) is 6.10 Å². The zero-order valence-corrected chi connectivity index (χ0v) is 59.3. The molecule has 5 nitrogen and oxygen atoms in total. The summed E-state index contributed by atoms with van der Waals surface area (Å²) in [7, 11) is 0. The lowest BCUT2D eigenvalue weighted by Crippen LogP contribution is -2.15. The van der Waals surface area contributed by atoms with Gasteiger partial charge in [0.2, 0.25) is 0 Å². The van der Waals surface area contributed by atoms with Crippen LogP contribution in [0.15, 0.2) is 212 Å². The summed E-state index contributed by atoms with van der Waals surface area (Å²) in [5.74, 6) is 1.12. The van der Waals surface area contributed by atoms with Gasteiger partial charge in [-0.25, -0.2) is 0 Å². The van der Waals surface area contributed by atoms with Gasteiger partial charge in [0.05, 0.1) is 63.6 Å². The Bertz CT molecular complexity index is 4220. The minimum Gasteiger partial charge on any atom is -0.374 e. The van der Waals surface area contributed by atoms with Gasteiger partial charge in [-0.15, -0.1) is 0 Å². The largest absolute Gasteiger partial charge is 0.374 e. The second-order valence-corrected chi connectivity index (χ2v) is 28.0. The molecule has 0 aromatic heterocycles. The maximum absolute atomic E-state index is 6.01. The molecule has 10 aromatic rings. The van der Waals surface area contributed by atoms with E-state index in [9.17, 15) is 0 Å². The highest BCUT2D eigenvalue weighted by atomic mass is 16.5. The fourth-order valence-corrected chi connectivity index (χ4v) is 13.4. The van der Waals surface area contributed by atoms with Crippen LogP contribution in [-0.4, -0.2) is 30.5 Å². The van der Waals surface area contributed by atoms with Crippen LogP contribution in [0.5, 0.6) is 0 Å². The Morgan fingerprint density at radius 1 is 0.260 bits per heavy atom. The maximum Gasteiger partial charge on any atom is 0.0723 e. The number of hydrogen-bond acceptors (Lipinski definition) is 5. The molecular weight excluding hydrogens is 1170 g/mol. The van der Waals surface area contributed by atoms with E-state index in [4.69, 9.17) is 23.7 Å². The zero-order valence-electron chi connectivity index (χ0n) is 59.3. The van der Waals surface area contributed by atoms with Crippen LogP contribution in [0.4, 0.5) is 0 Å². The minimum atomic E-state index is 0.287. The van der Waals surface area contributed by atoms with Crippen molar-refractivity contribution in [1.29, 1.82) is 0 Å². The second-order valence-electron chi connectivity index (χ2n) is 28.0. The van der Waals surface area contributed by atoms with Gasteiger partial charge in [0.1, 0.15) is 0 Å². The van der Waals surface area contributed by atoms with E-state index in [0.717, 1.165) is 64.8 Å². The molecule has 0 heterocycles. The van der Waals surface area contributed by atoms with Gasteiger partial charge in [0.25, 0.3) is 0 Å². The standard InChI is InChI=1S/2C19H22O.2C18H20O.C17H18O/c1-13(2)14(3)20-12-16-8-6-10-18-17-9-5-4-7-15(17)11-19(16)18;1-13(2)14(3)20-12-15-8-9-19-17(10-15)11-16-6-4-5-7-18(16)19;1-3-13(2)19-12-15-8-6-10-17-16-9-5-4-7-14(16)11-18(15)17;1-3-13(2)19-12-14-8-9-18-16(10-14)11-15-6-4-5-7-17(15)18;1-12(2)18-11-13-7-8-17-15(9-13)10-14-5-3-4-6-16(14)17/h2*4-10,13-14H,11-12H2,1-3H3;2*4-10,13H,3,11-12H2,1-2H3;3-9,12H,10-11H2,1-2H3. The van der Waals surface area contributed by atoms with E-state index < -0.39 is 0 Å². The summed E-state index contributed by atoms with van der Waals surface area (Å²) in [6.45, 7) is 29.4. The van der Waals surface area contributed by atoms with Crippen molar-refractivity contribution in [1.82, 2.24) is 0 Å². The smallest absolute Gasteiger partial charge is 0.0723 e. The van der Waals surface area contributed by atoms with Crippen molar-refractivity contribution < 1.29 is 23.7 Å². The Hall–Kier alpha value is -8.00. The van der Waals surface area contributed by atoms with Crippen LogP contribution in [0.2, 0.25) is 0 Å². The van der Waals surface area contributed by atoms with Gasteiger partial charge >= 0.3 is 0 Å². The fraction of sp³-hybridized carbons (Fsp3) is 0.341. The van der Waals surface area contributed by atoms with Gasteiger partial charge < -0.3 is 23.7 Å². The molecule has 496 valence electrons. The van der Waals surface area contributed by atoms with E-state index in [1.54, 1.807) is 0 Å². The van der Waals surface area contributed by atoms with E-state index in [1.807, 2.05) is 0 Å². The van der Waals surface area contributed by atoms with E-state index in [1.165, 1.54) is 139 Å². The predicted molar refractivity (Wildman–Crippen MR) is 401 cm³/mol. The molecule has 5 heteroatoms. The van der Waals surface area contributed by atoms with Crippen LogP contribution < -0.4 is 0 Å². The SMILES string of the molecule is CC(C)C(C)OCc1ccc2c(c1)Cc1ccccc1-2.CC(C)C(C)OCc1cccc2c1Cc1ccccc1-2.CC(C)OCc1ccc2c(c1)Cc1ccccc1-2.CCC(C)OCc1ccc2c(c1)Cc1ccccc1-2.CCC(C)OCc1cccc2c1Cc1ccccc1-2. The zero-order chi connectivity index (χ0) is 67.2. The third-order valence-electron chi connectivity index (χ3n) is 20.2. The summed E-state index contributed by atoms with van der Waals surface area (Å²) >= 11 is 0. The van der Waals surface area contributed by atoms with Crippen LogP contribution in [0, 0.1) is 11.8 Å². The number of ether oxygens (including phenoxy) is 5. The Kier molecular flexibility index (Phi) is 23.7. The third kappa shape index (κ3) is 17.0. The van der Waals surface area contributed by atoms with Crippen LogP contribution >= 0.6 is 0 Å². The molecular formula is C91H102O5. The molecule has 0 spiro atoms. The van der Waals surface area contributed by atoms with E-state index in [0.29, 0.717) is 49.5 Å². The Balaban J connectivity index is 0.000000122. The van der Waals surface area contributed by atoms with Gasteiger partial charge in [-0.2, -0.15) is 0 Å². The monoisotopic (exact) mass is 1270 g/mol. The normalized spacial score (nSPS) is 13.8. The van der Waals surface area contributed by atoms with Crippen molar-refractivity contribution in [3.63, 3.8) is 0 Å². The first kappa shape index (κ1) is 69.4. The molecule has 10 aromatic carbocycles. The summed E-state index contributed by atoms with van der Waals surface area (Å²) in [5, 5.41) is 0. The molecule has 15 rings (SSSR count). The third-order valence-corrected chi connectivity index (χ3v) is 20.2. The molecule has 5 aliphatic carbocycles. The number of benzene rings is 10. The first-order valence-corrected chi connectivity index (χ1v) is 35.7. The van der Waals surface area contributed by atoms with Crippen LogP contribution in [-0.2, 0) is 88.8 Å². The van der Waals surface area contributed by atoms with Crippen LogP contribution in [0.25, 0.3) is 55.6 Å². The predicted octanol–water partition coefficient (Wildman–Crippen LogP) is 23.0. The first-order chi connectivity index (χ1) is 46.6. The maximum atomic E-state index is 6.01. The summed E-state index contributed by atoms with van der Waals surface area (Å²) in [6, 6.07) is 76.8. The highest BCUT2D eigenvalue weighted by molar-refractivity contribution is 5.81. The molecule has 0 fully saturated rings. The topological polar surface area (TPSA) is 46.2 Å². The van der Waals surface area contributed by atoms with Crippen molar-refractivity contribution in [2.24, 2.45) is 11.8 Å². The quantitative estimate of drug-likeness (QED) is 0.0807. The minimum absolute atomic E-state index is 0.287. The molecule has 96 heavy (non-hydrogen) atoms. The lowest BCUT2D eigenvalue weighted by Gasteiger charge is -2.18. The fourth-order valence-electron chi connectivity index (χ4n) is 13.4. The van der Waals surface area contributed by atoms with Gasteiger partial charge in [-0.05, 0) is 237 Å². The molecule has 4 atom stereocenters.